The fraction of sp³-hybridized carbons (Fsp3) is 0.450. The number of likely N-dealkylation sites (N-methyl/N-ethyl adjacent to an activating group) is 1. The van der Waals surface area contributed by atoms with Gasteiger partial charge in [0.05, 0.1) is 17.3 Å². The van der Waals surface area contributed by atoms with Gasteiger partial charge in [-0.05, 0) is 57.4 Å². The second kappa shape index (κ2) is 6.93. The molecule has 0 saturated carbocycles. The molecule has 1 saturated heterocycles. The highest BCUT2D eigenvalue weighted by Gasteiger charge is 2.28. The number of rotatable bonds is 4. The molecule has 1 unspecified atom stereocenters. The second-order valence-corrected chi connectivity index (χ2v) is 7.14. The zero-order valence-electron chi connectivity index (χ0n) is 15.3. The molecule has 0 bridgehead atoms. The molecule has 26 heavy (non-hydrogen) atoms. The van der Waals surface area contributed by atoms with E-state index in [9.17, 15) is 5.26 Å². The second-order valence-electron chi connectivity index (χ2n) is 7.14. The highest BCUT2D eigenvalue weighted by atomic mass is 15.3. The first kappa shape index (κ1) is 16.8. The van der Waals surface area contributed by atoms with Crippen molar-refractivity contribution in [3.8, 4) is 6.07 Å². The summed E-state index contributed by atoms with van der Waals surface area (Å²) in [5.41, 5.74) is 4.98. The lowest BCUT2D eigenvalue weighted by molar-refractivity contribution is 0.616. The van der Waals surface area contributed by atoms with Crippen LogP contribution in [0.4, 0.5) is 17.5 Å². The van der Waals surface area contributed by atoms with Crippen molar-refractivity contribution in [1.82, 2.24) is 15.3 Å². The molecular weight excluding hydrogens is 324 g/mol. The van der Waals surface area contributed by atoms with E-state index in [1.807, 2.05) is 32.2 Å². The summed E-state index contributed by atoms with van der Waals surface area (Å²) >= 11 is 0. The van der Waals surface area contributed by atoms with Crippen LogP contribution in [0.15, 0.2) is 18.2 Å². The summed E-state index contributed by atoms with van der Waals surface area (Å²) in [6, 6.07) is 8.54. The number of nitrogens with zero attached hydrogens (tertiary/aromatic N) is 4. The zero-order valence-corrected chi connectivity index (χ0v) is 15.3. The van der Waals surface area contributed by atoms with Crippen LogP contribution in [-0.2, 0) is 12.8 Å². The van der Waals surface area contributed by atoms with Crippen LogP contribution in [0.3, 0.4) is 0 Å². The van der Waals surface area contributed by atoms with E-state index in [4.69, 9.17) is 9.97 Å². The predicted molar refractivity (Wildman–Crippen MR) is 103 cm³/mol. The van der Waals surface area contributed by atoms with Crippen molar-refractivity contribution < 1.29 is 0 Å². The third kappa shape index (κ3) is 3.11. The minimum absolute atomic E-state index is 0.522. The van der Waals surface area contributed by atoms with Gasteiger partial charge in [-0.2, -0.15) is 10.2 Å². The first-order valence-corrected chi connectivity index (χ1v) is 9.27. The molecule has 1 aliphatic carbocycles. The molecule has 134 valence electrons. The molecule has 0 amide bonds. The van der Waals surface area contributed by atoms with Gasteiger partial charge in [-0.1, -0.05) is 6.07 Å². The Kier molecular flexibility index (Phi) is 4.48. The smallest absolute Gasteiger partial charge is 0.229 e. The lowest BCUT2D eigenvalue weighted by Crippen LogP contribution is -2.30. The van der Waals surface area contributed by atoms with Gasteiger partial charge >= 0.3 is 0 Å². The molecule has 1 fully saturated rings. The average molecular weight is 348 g/mol. The number of nitriles is 1. The summed E-state index contributed by atoms with van der Waals surface area (Å²) in [4.78, 5) is 12.0. The van der Waals surface area contributed by atoms with Crippen molar-refractivity contribution >= 4 is 17.5 Å². The fourth-order valence-electron chi connectivity index (χ4n) is 3.87. The number of benzene rings is 1. The maximum absolute atomic E-state index is 9.25. The Morgan fingerprint density at radius 2 is 2.15 bits per heavy atom. The highest BCUT2D eigenvalue weighted by molar-refractivity contribution is 5.62. The summed E-state index contributed by atoms with van der Waals surface area (Å²) in [6.07, 6.45) is 4.36. The van der Waals surface area contributed by atoms with Crippen LogP contribution in [0.2, 0.25) is 0 Å². The molecule has 4 rings (SSSR count). The van der Waals surface area contributed by atoms with E-state index in [1.165, 1.54) is 5.56 Å². The summed E-state index contributed by atoms with van der Waals surface area (Å²) in [5.74, 6) is 1.71. The van der Waals surface area contributed by atoms with E-state index in [2.05, 4.69) is 21.6 Å². The molecule has 6 heteroatoms. The number of aryl methyl sites for hydroxylation is 2. The first-order valence-electron chi connectivity index (χ1n) is 9.27. The van der Waals surface area contributed by atoms with Crippen LogP contribution < -0.4 is 15.5 Å². The van der Waals surface area contributed by atoms with Gasteiger partial charge in [0, 0.05) is 30.4 Å². The normalized spacial score (nSPS) is 18.7. The number of fused-ring (bicyclic) bond motifs is 1. The molecule has 6 nitrogen and oxygen atoms in total. The molecule has 2 aliphatic rings. The largest absolute Gasteiger partial charge is 0.355 e. The standard InChI is InChI=1S/C20H24N6/c1-13-6-7-15(10-14(13)11-21)23-20-24-18-5-3-4-17(18)19(25-20)26-9-8-16(12-26)22-2/h6-7,10,16,22H,3-5,8-9,12H2,1-2H3,(H,23,24,25). The highest BCUT2D eigenvalue weighted by Crippen LogP contribution is 2.32. The number of anilines is 3. The Labute approximate surface area is 154 Å². The molecule has 1 aromatic heterocycles. The quantitative estimate of drug-likeness (QED) is 0.885. The van der Waals surface area contributed by atoms with Gasteiger partial charge in [-0.15, -0.1) is 0 Å². The van der Waals surface area contributed by atoms with Crippen molar-refractivity contribution in [2.45, 2.75) is 38.6 Å². The maximum atomic E-state index is 9.25. The van der Waals surface area contributed by atoms with Crippen LogP contribution in [0.25, 0.3) is 0 Å². The number of hydrogen-bond acceptors (Lipinski definition) is 6. The molecular formula is C20H24N6. The number of nitrogens with one attached hydrogen (secondary N) is 2. The SMILES string of the molecule is CNC1CCN(c2nc(Nc3ccc(C)c(C#N)c3)nc3c2CCC3)C1. The molecule has 1 aliphatic heterocycles. The van der Waals surface area contributed by atoms with Crippen molar-refractivity contribution in [1.29, 1.82) is 5.26 Å². The van der Waals surface area contributed by atoms with Crippen LogP contribution >= 0.6 is 0 Å². The summed E-state index contributed by atoms with van der Waals surface area (Å²) in [7, 11) is 2.02. The first-order chi connectivity index (χ1) is 12.7. The molecule has 2 heterocycles. The summed E-state index contributed by atoms with van der Waals surface area (Å²) in [5, 5.41) is 15.9. The van der Waals surface area contributed by atoms with Crippen LogP contribution in [0.1, 0.15) is 35.2 Å². The van der Waals surface area contributed by atoms with E-state index < -0.39 is 0 Å². The Morgan fingerprint density at radius 3 is 2.92 bits per heavy atom. The van der Waals surface area contributed by atoms with Crippen molar-refractivity contribution in [2.24, 2.45) is 0 Å². The van der Waals surface area contributed by atoms with Gasteiger partial charge in [-0.3, -0.25) is 0 Å². The fourth-order valence-corrected chi connectivity index (χ4v) is 3.87. The van der Waals surface area contributed by atoms with Gasteiger partial charge in [0.2, 0.25) is 5.95 Å². The molecule has 1 aromatic carbocycles. The zero-order chi connectivity index (χ0) is 18.1. The van der Waals surface area contributed by atoms with Gasteiger partial charge in [0.15, 0.2) is 0 Å². The molecule has 1 atom stereocenters. The lowest BCUT2D eigenvalue weighted by Gasteiger charge is -2.21. The Hall–Kier alpha value is -2.65. The van der Waals surface area contributed by atoms with E-state index in [1.54, 1.807) is 0 Å². The lowest BCUT2D eigenvalue weighted by atomic mass is 10.1. The van der Waals surface area contributed by atoms with Crippen LogP contribution in [0.5, 0.6) is 0 Å². The third-order valence-electron chi connectivity index (χ3n) is 5.42. The van der Waals surface area contributed by atoms with E-state index in [0.717, 1.165) is 61.5 Å². The van der Waals surface area contributed by atoms with Crippen molar-refractivity contribution in [2.75, 3.05) is 30.4 Å². The van der Waals surface area contributed by atoms with E-state index in [-0.39, 0.29) is 0 Å². The molecule has 0 spiro atoms. The summed E-state index contributed by atoms with van der Waals surface area (Å²) < 4.78 is 0. The monoisotopic (exact) mass is 348 g/mol. The Morgan fingerprint density at radius 1 is 1.27 bits per heavy atom. The van der Waals surface area contributed by atoms with Gasteiger partial charge < -0.3 is 15.5 Å². The van der Waals surface area contributed by atoms with Crippen molar-refractivity contribution in [3.63, 3.8) is 0 Å². The van der Waals surface area contributed by atoms with Gasteiger partial charge in [0.25, 0.3) is 0 Å². The average Bonchev–Trinajstić information content (AvgIpc) is 3.31. The minimum Gasteiger partial charge on any atom is -0.355 e. The van der Waals surface area contributed by atoms with E-state index in [0.29, 0.717) is 17.6 Å². The number of hydrogen-bond donors (Lipinski definition) is 2. The minimum atomic E-state index is 0.522. The molecule has 2 aromatic rings. The predicted octanol–water partition coefficient (Wildman–Crippen LogP) is 2.69. The maximum Gasteiger partial charge on any atom is 0.229 e. The van der Waals surface area contributed by atoms with Gasteiger partial charge in [-0.25, -0.2) is 4.98 Å². The molecule has 2 N–H and O–H groups in total. The third-order valence-corrected chi connectivity index (χ3v) is 5.42. The van der Waals surface area contributed by atoms with Crippen LogP contribution in [-0.4, -0.2) is 36.1 Å². The topological polar surface area (TPSA) is 76.9 Å². The van der Waals surface area contributed by atoms with Crippen LogP contribution in [0, 0.1) is 18.3 Å². The summed E-state index contributed by atoms with van der Waals surface area (Å²) in [6.45, 7) is 3.96. The Balaban J connectivity index is 1.65. The van der Waals surface area contributed by atoms with E-state index >= 15 is 0 Å². The Bertz CT molecular complexity index is 869. The van der Waals surface area contributed by atoms with Crippen molar-refractivity contribution in [3.05, 3.63) is 40.6 Å². The molecule has 0 radical (unpaired) electrons. The number of aromatic nitrogens is 2. The van der Waals surface area contributed by atoms with Gasteiger partial charge in [0.1, 0.15) is 5.82 Å².